The van der Waals surface area contributed by atoms with Crippen molar-refractivity contribution in [2.24, 2.45) is 11.8 Å². The fraction of sp³-hybridized carbons (Fsp3) is 0.207. The largest absolute Gasteiger partial charge is 0.508 e. The number of aromatic hydroxyl groups is 1. The third-order valence-electron chi connectivity index (χ3n) is 7.48. The van der Waals surface area contributed by atoms with Crippen LogP contribution in [0.2, 0.25) is 0 Å². The van der Waals surface area contributed by atoms with Crippen molar-refractivity contribution < 1.29 is 29.0 Å². The number of carbonyl (C=O) groups is 3. The summed E-state index contributed by atoms with van der Waals surface area (Å²) in [6.45, 7) is 0.0628. The van der Waals surface area contributed by atoms with Crippen molar-refractivity contribution in [3.05, 3.63) is 102 Å². The summed E-state index contributed by atoms with van der Waals surface area (Å²) in [5.74, 6) is -3.81. The van der Waals surface area contributed by atoms with Gasteiger partial charge in [-0.05, 0) is 35.4 Å². The Bertz CT molecular complexity index is 1480. The van der Waals surface area contributed by atoms with Crippen molar-refractivity contribution in [2.75, 3.05) is 0 Å². The predicted octanol–water partition coefficient (Wildman–Crippen LogP) is 3.65. The number of fused-ring (bicyclic) bond motifs is 2. The third-order valence-corrected chi connectivity index (χ3v) is 7.48. The number of para-hydroxylation sites is 1. The van der Waals surface area contributed by atoms with Gasteiger partial charge in [-0.2, -0.15) is 0 Å². The molecule has 2 aliphatic rings. The van der Waals surface area contributed by atoms with Crippen molar-refractivity contribution in [1.82, 2.24) is 10.2 Å². The van der Waals surface area contributed by atoms with Crippen LogP contribution in [0.15, 0.2) is 89.3 Å². The number of amides is 2. The number of phenolic OH excluding ortho intramolecular Hbond substituents is 1. The maximum absolute atomic E-state index is 13.8. The second-order valence-electron chi connectivity index (χ2n) is 9.68. The van der Waals surface area contributed by atoms with Crippen LogP contribution in [0, 0.1) is 11.8 Å². The number of furan rings is 1. The molecule has 0 spiro atoms. The first-order valence-corrected chi connectivity index (χ1v) is 12.0. The predicted molar refractivity (Wildman–Crippen MR) is 133 cm³/mol. The Morgan fingerprint density at radius 2 is 1.62 bits per heavy atom. The van der Waals surface area contributed by atoms with E-state index in [2.05, 4.69) is 5.32 Å². The van der Waals surface area contributed by atoms with Gasteiger partial charge in [0.2, 0.25) is 11.8 Å². The third kappa shape index (κ3) is 3.68. The fourth-order valence-corrected chi connectivity index (χ4v) is 5.75. The van der Waals surface area contributed by atoms with E-state index in [1.165, 1.54) is 17.0 Å². The number of carbonyl (C=O) groups excluding carboxylic acids is 2. The van der Waals surface area contributed by atoms with E-state index in [4.69, 9.17) is 4.42 Å². The van der Waals surface area contributed by atoms with Gasteiger partial charge in [-0.3, -0.25) is 24.6 Å². The van der Waals surface area contributed by atoms with E-state index in [0.29, 0.717) is 16.9 Å². The molecule has 0 aliphatic carbocycles. The molecule has 8 heteroatoms. The zero-order chi connectivity index (χ0) is 25.7. The van der Waals surface area contributed by atoms with Crippen molar-refractivity contribution in [3.63, 3.8) is 0 Å². The molecule has 0 radical (unpaired) electrons. The molecule has 0 saturated carbocycles. The highest BCUT2D eigenvalue weighted by molar-refractivity contribution is 6.09. The monoisotopic (exact) mass is 496 g/mol. The van der Waals surface area contributed by atoms with Crippen LogP contribution in [0.5, 0.6) is 5.75 Å². The Morgan fingerprint density at radius 3 is 2.32 bits per heavy atom. The van der Waals surface area contributed by atoms with Gasteiger partial charge in [0.15, 0.2) is 0 Å². The lowest BCUT2D eigenvalue weighted by molar-refractivity contribution is -0.151. The standard InChI is InChI=1S/C29H24N2O6/c32-20-12-10-17(11-13-20)15-29(28(35)36)24-23(25(30-29)22-14-19-8-4-5-9-21(19)37-22)26(33)31(27(24)34)16-18-6-2-1-3-7-18/h1-14,23-25,30,32H,15-16H2,(H,35,36). The molecule has 8 nitrogen and oxygen atoms in total. The second-order valence-corrected chi connectivity index (χ2v) is 9.68. The average molecular weight is 497 g/mol. The van der Waals surface area contributed by atoms with Gasteiger partial charge in [0.25, 0.3) is 0 Å². The van der Waals surface area contributed by atoms with Crippen LogP contribution in [0.4, 0.5) is 0 Å². The van der Waals surface area contributed by atoms with Crippen LogP contribution >= 0.6 is 0 Å². The lowest BCUT2D eigenvalue weighted by Gasteiger charge is -2.31. The first-order chi connectivity index (χ1) is 17.9. The molecule has 0 bridgehead atoms. The summed E-state index contributed by atoms with van der Waals surface area (Å²) >= 11 is 0. The molecule has 3 heterocycles. The lowest BCUT2D eigenvalue weighted by atomic mass is 9.76. The van der Waals surface area contributed by atoms with Gasteiger partial charge >= 0.3 is 5.97 Å². The summed E-state index contributed by atoms with van der Waals surface area (Å²) in [4.78, 5) is 41.8. The topological polar surface area (TPSA) is 120 Å². The maximum atomic E-state index is 13.8. The van der Waals surface area contributed by atoms with Crippen LogP contribution in [0.3, 0.4) is 0 Å². The van der Waals surface area contributed by atoms with Gasteiger partial charge < -0.3 is 14.6 Å². The highest BCUT2D eigenvalue weighted by atomic mass is 16.4. The maximum Gasteiger partial charge on any atom is 0.325 e. The fourth-order valence-electron chi connectivity index (χ4n) is 5.75. The molecule has 2 saturated heterocycles. The molecule has 2 fully saturated rings. The van der Waals surface area contributed by atoms with Gasteiger partial charge in [0, 0.05) is 11.8 Å². The average Bonchev–Trinajstić information content (AvgIpc) is 3.55. The molecule has 3 N–H and O–H groups in total. The Labute approximate surface area is 212 Å². The van der Waals surface area contributed by atoms with Crippen LogP contribution in [0.1, 0.15) is 22.9 Å². The van der Waals surface area contributed by atoms with Crippen molar-refractivity contribution >= 4 is 28.8 Å². The Kier molecular flexibility index (Phi) is 5.35. The molecule has 3 aromatic carbocycles. The summed E-state index contributed by atoms with van der Waals surface area (Å²) in [6, 6.07) is 23.7. The minimum atomic E-state index is -1.76. The lowest BCUT2D eigenvalue weighted by Crippen LogP contribution is -2.57. The summed E-state index contributed by atoms with van der Waals surface area (Å²) < 4.78 is 6.07. The van der Waals surface area contributed by atoms with Gasteiger partial charge in [0.05, 0.1) is 24.4 Å². The number of aliphatic carboxylic acids is 1. The number of carboxylic acids is 1. The van der Waals surface area contributed by atoms with Gasteiger partial charge in [-0.1, -0.05) is 60.7 Å². The number of benzene rings is 3. The minimum Gasteiger partial charge on any atom is -0.508 e. The summed E-state index contributed by atoms with van der Waals surface area (Å²) in [6.07, 6.45) is -0.0568. The molecular weight excluding hydrogens is 472 g/mol. The highest BCUT2D eigenvalue weighted by Crippen LogP contribution is 2.51. The highest BCUT2D eigenvalue weighted by Gasteiger charge is 2.68. The molecule has 4 atom stereocenters. The summed E-state index contributed by atoms with van der Waals surface area (Å²) in [5.41, 5.74) is 0.235. The zero-order valence-electron chi connectivity index (χ0n) is 19.7. The van der Waals surface area contributed by atoms with Gasteiger partial charge in [-0.25, -0.2) is 0 Å². The van der Waals surface area contributed by atoms with E-state index in [-0.39, 0.29) is 18.7 Å². The number of hydrogen-bond donors (Lipinski definition) is 3. The number of phenols is 1. The van der Waals surface area contributed by atoms with Crippen LogP contribution in [-0.2, 0) is 27.3 Å². The van der Waals surface area contributed by atoms with E-state index in [0.717, 1.165) is 10.9 Å². The quantitative estimate of drug-likeness (QED) is 0.349. The Hall–Kier alpha value is -4.43. The Morgan fingerprint density at radius 1 is 0.919 bits per heavy atom. The zero-order valence-corrected chi connectivity index (χ0v) is 19.7. The smallest absolute Gasteiger partial charge is 0.325 e. The van der Waals surface area contributed by atoms with Crippen molar-refractivity contribution in [3.8, 4) is 5.75 Å². The molecule has 37 heavy (non-hydrogen) atoms. The van der Waals surface area contributed by atoms with E-state index in [1.54, 1.807) is 24.3 Å². The number of nitrogens with zero attached hydrogens (tertiary/aromatic N) is 1. The van der Waals surface area contributed by atoms with Gasteiger partial charge in [0.1, 0.15) is 22.6 Å². The van der Waals surface area contributed by atoms with Crippen LogP contribution in [0.25, 0.3) is 11.0 Å². The number of nitrogens with one attached hydrogen (secondary N) is 1. The first-order valence-electron chi connectivity index (χ1n) is 12.0. The molecule has 2 amide bonds. The molecule has 2 aliphatic heterocycles. The van der Waals surface area contributed by atoms with E-state index in [1.807, 2.05) is 48.5 Å². The molecule has 4 aromatic rings. The second kappa shape index (κ2) is 8.60. The van der Waals surface area contributed by atoms with E-state index in [9.17, 15) is 24.6 Å². The summed E-state index contributed by atoms with van der Waals surface area (Å²) in [7, 11) is 0. The van der Waals surface area contributed by atoms with E-state index < -0.39 is 41.2 Å². The van der Waals surface area contributed by atoms with E-state index >= 15 is 0 Å². The molecule has 4 unspecified atom stereocenters. The molecular formula is C29H24N2O6. The van der Waals surface area contributed by atoms with Crippen LogP contribution < -0.4 is 5.32 Å². The van der Waals surface area contributed by atoms with Crippen molar-refractivity contribution in [1.29, 1.82) is 0 Å². The normalized spacial score (nSPS) is 25.1. The number of hydrogen-bond acceptors (Lipinski definition) is 6. The summed E-state index contributed by atoms with van der Waals surface area (Å²) in [5, 5.41) is 24.3. The number of imide groups is 1. The van der Waals surface area contributed by atoms with Gasteiger partial charge in [-0.15, -0.1) is 0 Å². The number of rotatable bonds is 6. The minimum absolute atomic E-state index is 0.0479. The SMILES string of the molecule is O=C1C2C(c3cc4ccccc4o3)NC(Cc3ccc(O)cc3)(C(=O)O)C2C(=O)N1Cc1ccccc1. The molecule has 6 rings (SSSR count). The van der Waals surface area contributed by atoms with Crippen molar-refractivity contribution in [2.45, 2.75) is 24.5 Å². The molecule has 186 valence electrons. The Balaban J connectivity index is 1.46. The number of likely N-dealkylation sites (tertiary alicyclic amines) is 1. The van der Waals surface area contributed by atoms with Crippen LogP contribution in [-0.4, -0.2) is 38.4 Å². The number of carboxylic acid groups (broad SMARTS) is 1. The molecule has 1 aromatic heterocycles. The first kappa shape index (κ1) is 23.0.